The van der Waals surface area contributed by atoms with Crippen LogP contribution in [0.4, 0.5) is 5.69 Å². The molecule has 0 aromatic heterocycles. The van der Waals surface area contributed by atoms with E-state index in [1.165, 1.54) is 0 Å². The van der Waals surface area contributed by atoms with Crippen molar-refractivity contribution in [2.45, 2.75) is 26.2 Å². The van der Waals surface area contributed by atoms with E-state index in [9.17, 15) is 14.4 Å². The van der Waals surface area contributed by atoms with Crippen molar-refractivity contribution >= 4 is 23.4 Å². The Hall–Kier alpha value is -3.35. The minimum atomic E-state index is -0.284. The van der Waals surface area contributed by atoms with Crippen LogP contribution in [0.3, 0.4) is 0 Å². The zero-order chi connectivity index (χ0) is 22.9. The number of benzene rings is 2. The molecule has 1 fully saturated rings. The third-order valence-electron chi connectivity index (χ3n) is 5.70. The first-order valence-electron chi connectivity index (χ1n) is 11.0. The van der Waals surface area contributed by atoms with Gasteiger partial charge in [0.15, 0.2) is 0 Å². The van der Waals surface area contributed by atoms with Crippen LogP contribution in [0.15, 0.2) is 54.6 Å². The van der Waals surface area contributed by atoms with Gasteiger partial charge in [-0.2, -0.15) is 0 Å². The molecule has 0 spiro atoms. The number of methoxy groups -OCH3 is 1. The summed E-state index contributed by atoms with van der Waals surface area (Å²) in [5.41, 5.74) is 1.59. The van der Waals surface area contributed by atoms with E-state index in [-0.39, 0.29) is 30.2 Å². The van der Waals surface area contributed by atoms with Crippen LogP contribution in [0.1, 0.15) is 25.3 Å². The second-order valence-corrected chi connectivity index (χ2v) is 7.97. The van der Waals surface area contributed by atoms with Crippen LogP contribution in [0.2, 0.25) is 0 Å². The zero-order valence-corrected chi connectivity index (χ0v) is 18.8. The summed E-state index contributed by atoms with van der Waals surface area (Å²) in [6.45, 7) is 3.33. The summed E-state index contributed by atoms with van der Waals surface area (Å²) < 4.78 is 5.18. The second kappa shape index (κ2) is 11.3. The fourth-order valence-electron chi connectivity index (χ4n) is 3.97. The SMILES string of the molecule is CCN(CC(=O)Nc1cccc(OC)c1)C(=O)C1CCCN(C(=O)Cc2ccccc2)C1. The molecule has 1 atom stereocenters. The van der Waals surface area contributed by atoms with Crippen LogP contribution in [0, 0.1) is 5.92 Å². The van der Waals surface area contributed by atoms with E-state index < -0.39 is 0 Å². The van der Waals surface area contributed by atoms with Gasteiger partial charge in [-0.05, 0) is 37.5 Å². The van der Waals surface area contributed by atoms with Crippen molar-refractivity contribution in [1.29, 1.82) is 0 Å². The number of nitrogens with zero attached hydrogens (tertiary/aromatic N) is 2. The Bertz CT molecular complexity index is 932. The highest BCUT2D eigenvalue weighted by Crippen LogP contribution is 2.21. The van der Waals surface area contributed by atoms with Gasteiger partial charge in [0.1, 0.15) is 5.75 Å². The molecule has 2 aromatic rings. The smallest absolute Gasteiger partial charge is 0.243 e. The Labute approximate surface area is 189 Å². The first-order valence-corrected chi connectivity index (χ1v) is 11.0. The number of ether oxygens (including phenoxy) is 1. The number of likely N-dealkylation sites (tertiary alicyclic amines) is 1. The minimum Gasteiger partial charge on any atom is -0.497 e. The van der Waals surface area contributed by atoms with Crippen molar-refractivity contribution in [1.82, 2.24) is 9.80 Å². The number of anilines is 1. The normalized spacial score (nSPS) is 15.7. The Morgan fingerprint density at radius 3 is 2.62 bits per heavy atom. The van der Waals surface area contributed by atoms with Crippen molar-refractivity contribution in [2.75, 3.05) is 38.6 Å². The lowest BCUT2D eigenvalue weighted by molar-refractivity contribution is -0.142. The Kier molecular flexibility index (Phi) is 8.25. The molecule has 7 nitrogen and oxygen atoms in total. The molecule has 170 valence electrons. The molecule has 0 saturated carbocycles. The van der Waals surface area contributed by atoms with Crippen LogP contribution < -0.4 is 10.1 Å². The molecule has 1 unspecified atom stereocenters. The third-order valence-corrected chi connectivity index (χ3v) is 5.70. The summed E-state index contributed by atoms with van der Waals surface area (Å²) in [6, 6.07) is 16.7. The molecule has 2 aromatic carbocycles. The number of piperidine rings is 1. The fourth-order valence-corrected chi connectivity index (χ4v) is 3.97. The molecule has 1 N–H and O–H groups in total. The van der Waals surface area contributed by atoms with Gasteiger partial charge in [-0.1, -0.05) is 36.4 Å². The van der Waals surface area contributed by atoms with Crippen molar-refractivity contribution < 1.29 is 19.1 Å². The van der Waals surface area contributed by atoms with Crippen LogP contribution in [0.5, 0.6) is 5.75 Å². The molecule has 7 heteroatoms. The van der Waals surface area contributed by atoms with Gasteiger partial charge in [0.05, 0.1) is 26.0 Å². The van der Waals surface area contributed by atoms with Crippen LogP contribution in [0.25, 0.3) is 0 Å². The van der Waals surface area contributed by atoms with Gasteiger partial charge in [0.25, 0.3) is 0 Å². The van der Waals surface area contributed by atoms with Gasteiger partial charge in [-0.3, -0.25) is 14.4 Å². The number of carbonyl (C=O) groups is 3. The van der Waals surface area contributed by atoms with Crippen LogP contribution in [-0.2, 0) is 20.8 Å². The van der Waals surface area contributed by atoms with E-state index in [2.05, 4.69) is 5.32 Å². The largest absolute Gasteiger partial charge is 0.497 e. The van der Waals surface area contributed by atoms with E-state index in [1.54, 1.807) is 41.2 Å². The predicted octanol–water partition coefficient (Wildman–Crippen LogP) is 2.96. The molecule has 3 amide bonds. The first kappa shape index (κ1) is 23.3. The number of carbonyl (C=O) groups excluding carboxylic acids is 3. The van der Waals surface area contributed by atoms with Gasteiger partial charge >= 0.3 is 0 Å². The van der Waals surface area contributed by atoms with E-state index in [0.717, 1.165) is 18.4 Å². The van der Waals surface area contributed by atoms with Gasteiger partial charge < -0.3 is 19.9 Å². The highest BCUT2D eigenvalue weighted by Gasteiger charge is 2.31. The lowest BCUT2D eigenvalue weighted by Gasteiger charge is -2.34. The molecule has 3 rings (SSSR count). The molecule has 1 aliphatic heterocycles. The van der Waals surface area contributed by atoms with E-state index in [4.69, 9.17) is 4.74 Å². The van der Waals surface area contributed by atoms with Crippen molar-refractivity contribution in [3.63, 3.8) is 0 Å². The number of nitrogens with one attached hydrogen (secondary N) is 1. The molecular weight excluding hydrogens is 406 g/mol. The quantitative estimate of drug-likeness (QED) is 0.689. The molecular formula is C25H31N3O4. The molecule has 0 aliphatic carbocycles. The average Bonchev–Trinajstić information content (AvgIpc) is 2.83. The van der Waals surface area contributed by atoms with Crippen molar-refractivity contribution in [3.8, 4) is 5.75 Å². The van der Waals surface area contributed by atoms with Gasteiger partial charge in [0, 0.05) is 31.4 Å². The molecule has 0 bridgehead atoms. The number of hydrogen-bond donors (Lipinski definition) is 1. The molecule has 0 radical (unpaired) electrons. The lowest BCUT2D eigenvalue weighted by atomic mass is 9.95. The van der Waals surface area contributed by atoms with E-state index >= 15 is 0 Å². The lowest BCUT2D eigenvalue weighted by Crippen LogP contribution is -2.48. The van der Waals surface area contributed by atoms with E-state index in [0.29, 0.717) is 37.5 Å². The minimum absolute atomic E-state index is 0.0268. The summed E-state index contributed by atoms with van der Waals surface area (Å²) in [5, 5.41) is 2.82. The summed E-state index contributed by atoms with van der Waals surface area (Å²) >= 11 is 0. The number of amides is 3. The molecule has 1 saturated heterocycles. The Morgan fingerprint density at radius 2 is 1.91 bits per heavy atom. The molecule has 1 heterocycles. The summed E-state index contributed by atoms with van der Waals surface area (Å²) in [5.74, 6) is 0.0565. The highest BCUT2D eigenvalue weighted by atomic mass is 16.5. The van der Waals surface area contributed by atoms with Crippen LogP contribution in [-0.4, -0.2) is 60.8 Å². The van der Waals surface area contributed by atoms with Crippen molar-refractivity contribution in [2.24, 2.45) is 5.92 Å². The maximum atomic E-state index is 13.1. The number of likely N-dealkylation sites (N-methyl/N-ethyl adjacent to an activating group) is 1. The number of rotatable bonds is 8. The zero-order valence-electron chi connectivity index (χ0n) is 18.8. The first-order chi connectivity index (χ1) is 15.5. The highest BCUT2D eigenvalue weighted by molar-refractivity contribution is 5.95. The summed E-state index contributed by atoms with van der Waals surface area (Å²) in [4.78, 5) is 41.7. The van der Waals surface area contributed by atoms with Gasteiger partial charge in [0.2, 0.25) is 17.7 Å². The van der Waals surface area contributed by atoms with Gasteiger partial charge in [-0.25, -0.2) is 0 Å². The molecule has 32 heavy (non-hydrogen) atoms. The second-order valence-electron chi connectivity index (χ2n) is 7.97. The maximum absolute atomic E-state index is 13.1. The monoisotopic (exact) mass is 437 g/mol. The van der Waals surface area contributed by atoms with Crippen LogP contribution >= 0.6 is 0 Å². The Balaban J connectivity index is 1.56. The average molecular weight is 438 g/mol. The Morgan fingerprint density at radius 1 is 1.12 bits per heavy atom. The van der Waals surface area contributed by atoms with Crippen molar-refractivity contribution in [3.05, 3.63) is 60.2 Å². The fraction of sp³-hybridized carbons (Fsp3) is 0.400. The van der Waals surface area contributed by atoms with E-state index in [1.807, 2.05) is 37.3 Å². The third kappa shape index (κ3) is 6.33. The standard InChI is InChI=1S/C25H31N3O4/c1-3-27(18-23(29)26-21-12-7-13-22(16-21)32-2)25(31)20-11-8-14-28(17-20)24(30)15-19-9-5-4-6-10-19/h4-7,9-10,12-13,16,20H,3,8,11,14-15,17-18H2,1-2H3,(H,26,29). The predicted molar refractivity (Wildman–Crippen MR) is 123 cm³/mol. The summed E-state index contributed by atoms with van der Waals surface area (Å²) in [7, 11) is 1.57. The van der Waals surface area contributed by atoms with Gasteiger partial charge in [-0.15, -0.1) is 0 Å². The topological polar surface area (TPSA) is 79.0 Å². The molecule has 1 aliphatic rings. The maximum Gasteiger partial charge on any atom is 0.243 e. The summed E-state index contributed by atoms with van der Waals surface area (Å²) in [6.07, 6.45) is 1.84. The number of hydrogen-bond acceptors (Lipinski definition) is 4.